The van der Waals surface area contributed by atoms with Crippen LogP contribution in [0.2, 0.25) is 0 Å². The number of piperidine rings is 1. The molecule has 0 atom stereocenters. The molecule has 13 nitrogen and oxygen atoms in total. The Balaban J connectivity index is 0.000000224. The molecule has 2 aliphatic heterocycles. The van der Waals surface area contributed by atoms with Crippen LogP contribution in [0.25, 0.3) is 4.85 Å². The second kappa shape index (κ2) is 25.3. The lowest BCUT2D eigenvalue weighted by Crippen LogP contribution is -3.08. The zero-order valence-electron chi connectivity index (χ0n) is 39.9. The molecular formula is C55H61ClN6O7. The number of nitrogens with zero attached hydrogens (tertiary/aromatic N) is 3. The van der Waals surface area contributed by atoms with Gasteiger partial charge in [-0.25, -0.2) is 4.85 Å². The summed E-state index contributed by atoms with van der Waals surface area (Å²) in [6, 6.07) is 41.8. The lowest BCUT2D eigenvalue weighted by molar-refractivity contribution is -0.839. The summed E-state index contributed by atoms with van der Waals surface area (Å²) in [4.78, 5) is 35.2. The number of halogens is 1. The summed E-state index contributed by atoms with van der Waals surface area (Å²) < 4.78 is 28.2. The Labute approximate surface area is 412 Å². The van der Waals surface area contributed by atoms with E-state index < -0.39 is 0 Å². The molecule has 360 valence electrons. The van der Waals surface area contributed by atoms with Gasteiger partial charge in [0.2, 0.25) is 0 Å². The van der Waals surface area contributed by atoms with Crippen LogP contribution >= 0.6 is 0 Å². The van der Waals surface area contributed by atoms with Crippen LogP contribution in [-0.4, -0.2) is 90.5 Å². The number of likely N-dealkylation sites (N-methyl/N-ethyl adjacent to an activating group) is 1. The number of hydrogen-bond donors (Lipinski definition) is 3. The Morgan fingerprint density at radius 3 is 1.70 bits per heavy atom. The average Bonchev–Trinajstić information content (AvgIpc) is 3.38. The van der Waals surface area contributed by atoms with E-state index in [1.165, 1.54) is 21.8 Å². The fourth-order valence-electron chi connectivity index (χ4n) is 8.13. The summed E-state index contributed by atoms with van der Waals surface area (Å²) in [5, 5.41) is 5.92. The molecule has 2 fully saturated rings. The van der Waals surface area contributed by atoms with Crippen LogP contribution in [0.3, 0.4) is 0 Å². The minimum absolute atomic E-state index is 0. The zero-order valence-corrected chi connectivity index (χ0v) is 40.7. The molecule has 0 aliphatic carbocycles. The molecule has 0 radical (unpaired) electrons. The second-order valence-electron chi connectivity index (χ2n) is 16.9. The fraction of sp³-hybridized carbons (Fsp3) is 0.291. The van der Waals surface area contributed by atoms with Gasteiger partial charge in [0.15, 0.2) is 28.7 Å². The topological polar surface area (TPSA) is 120 Å². The van der Waals surface area contributed by atoms with E-state index in [0.29, 0.717) is 59.1 Å². The van der Waals surface area contributed by atoms with Gasteiger partial charge in [-0.2, -0.15) is 0 Å². The van der Waals surface area contributed by atoms with Crippen LogP contribution in [0.15, 0.2) is 133 Å². The first kappa shape index (κ1) is 51.3. The smallest absolute Gasteiger partial charge is 0.255 e. The van der Waals surface area contributed by atoms with Crippen molar-refractivity contribution in [3.8, 4) is 23.0 Å². The summed E-state index contributed by atoms with van der Waals surface area (Å²) in [5.74, 6) is 1.75. The van der Waals surface area contributed by atoms with E-state index in [4.69, 9.17) is 30.3 Å². The fourth-order valence-corrected chi connectivity index (χ4v) is 8.13. The Kier molecular flexibility index (Phi) is 18.8. The van der Waals surface area contributed by atoms with Gasteiger partial charge >= 0.3 is 0 Å². The first-order valence-electron chi connectivity index (χ1n) is 22.9. The lowest BCUT2D eigenvalue weighted by Gasteiger charge is -2.34. The van der Waals surface area contributed by atoms with Crippen LogP contribution in [0.1, 0.15) is 50.2 Å². The van der Waals surface area contributed by atoms with Crippen molar-refractivity contribution in [2.75, 3.05) is 83.2 Å². The number of nitrogens with one attached hydrogen (secondary N) is 3. The Bertz CT molecular complexity index is 2640. The Hall–Kier alpha value is -7.08. The van der Waals surface area contributed by atoms with Crippen LogP contribution in [-0.2, 0) is 18.0 Å². The quantitative estimate of drug-likeness (QED) is 0.107. The van der Waals surface area contributed by atoms with Crippen molar-refractivity contribution in [3.05, 3.63) is 173 Å². The number of carbonyl (C=O) groups is 2. The third kappa shape index (κ3) is 14.5. The molecule has 2 saturated heterocycles. The van der Waals surface area contributed by atoms with E-state index in [9.17, 15) is 9.59 Å². The highest BCUT2D eigenvalue weighted by atomic mass is 35.5. The summed E-state index contributed by atoms with van der Waals surface area (Å²) in [6.07, 6.45) is 2.48. The molecule has 69 heavy (non-hydrogen) atoms. The summed E-state index contributed by atoms with van der Waals surface area (Å²) >= 11 is 0. The minimum atomic E-state index is -0.217. The average molecular weight is 954 g/mol. The van der Waals surface area contributed by atoms with Crippen molar-refractivity contribution in [3.63, 3.8) is 0 Å². The SMILES string of the molecule is COc1cc(C(=O)Nc2ccc(N3CCN(C)CC3)cc2)ccc1OCc1cccc(C)c1.[C-]#[N+]c1ccc(COc2ccc(C(=O)Nc3ccc([NH+]4CCC(OC)CC4)cc3)cc2OC)cc1.[Cl-]. The molecular weight excluding hydrogens is 892 g/mol. The van der Waals surface area contributed by atoms with E-state index in [2.05, 4.69) is 75.6 Å². The highest BCUT2D eigenvalue weighted by Crippen LogP contribution is 2.31. The molecule has 0 saturated carbocycles. The predicted molar refractivity (Wildman–Crippen MR) is 267 cm³/mol. The van der Waals surface area contributed by atoms with Gasteiger partial charge in [0.25, 0.3) is 11.8 Å². The molecule has 0 spiro atoms. The van der Waals surface area contributed by atoms with Crippen LogP contribution in [0.4, 0.5) is 28.4 Å². The third-order valence-electron chi connectivity index (χ3n) is 12.2. The first-order valence-corrected chi connectivity index (χ1v) is 22.9. The second-order valence-corrected chi connectivity index (χ2v) is 16.9. The number of quaternary nitrogens is 1. The van der Waals surface area contributed by atoms with Gasteiger partial charge in [-0.15, -0.1) is 0 Å². The number of carbonyl (C=O) groups excluding carboxylic acids is 2. The van der Waals surface area contributed by atoms with Gasteiger partial charge in [-0.05, 0) is 97.9 Å². The number of ether oxygens (including phenoxy) is 5. The zero-order chi connectivity index (χ0) is 47.8. The number of amides is 2. The number of methoxy groups -OCH3 is 3. The third-order valence-corrected chi connectivity index (χ3v) is 12.2. The maximum absolute atomic E-state index is 12.8. The van der Waals surface area contributed by atoms with E-state index in [1.807, 2.05) is 48.5 Å². The largest absolute Gasteiger partial charge is 1.00 e. The van der Waals surface area contributed by atoms with E-state index in [0.717, 1.165) is 74.6 Å². The van der Waals surface area contributed by atoms with Crippen molar-refractivity contribution in [1.82, 2.24) is 4.90 Å². The molecule has 0 unspecified atom stereocenters. The number of benzene rings is 6. The molecule has 0 bridgehead atoms. The maximum atomic E-state index is 12.8. The molecule has 2 heterocycles. The monoisotopic (exact) mass is 952 g/mol. The molecule has 2 aliphatic rings. The van der Waals surface area contributed by atoms with Gasteiger partial charge in [0, 0.05) is 86.5 Å². The lowest BCUT2D eigenvalue weighted by atomic mass is 10.1. The van der Waals surface area contributed by atoms with Crippen molar-refractivity contribution < 1.29 is 50.6 Å². The number of piperazine rings is 1. The van der Waals surface area contributed by atoms with Gasteiger partial charge in [0.05, 0.1) is 40.0 Å². The summed E-state index contributed by atoms with van der Waals surface area (Å²) in [7, 11) is 7.05. The van der Waals surface area contributed by atoms with Crippen molar-refractivity contribution >= 4 is 40.3 Å². The van der Waals surface area contributed by atoms with Crippen LogP contribution in [0.5, 0.6) is 23.0 Å². The molecule has 6 aromatic carbocycles. The molecule has 0 aromatic heterocycles. The number of anilines is 3. The normalized spacial score (nSPS) is 15.5. The Morgan fingerprint density at radius 1 is 0.652 bits per heavy atom. The highest BCUT2D eigenvalue weighted by Gasteiger charge is 2.23. The summed E-state index contributed by atoms with van der Waals surface area (Å²) in [6.45, 7) is 16.1. The van der Waals surface area contributed by atoms with Gasteiger partial charge in [0.1, 0.15) is 18.9 Å². The van der Waals surface area contributed by atoms with Crippen molar-refractivity contribution in [2.45, 2.75) is 39.1 Å². The van der Waals surface area contributed by atoms with Crippen molar-refractivity contribution in [2.24, 2.45) is 0 Å². The highest BCUT2D eigenvalue weighted by molar-refractivity contribution is 6.05. The number of aryl methyl sites for hydroxylation is 1. The molecule has 2 amide bonds. The number of hydrogen-bond acceptors (Lipinski definition) is 9. The molecule has 3 N–H and O–H groups in total. The van der Waals surface area contributed by atoms with Crippen LogP contribution in [0, 0.1) is 13.5 Å². The first-order chi connectivity index (χ1) is 33.1. The van der Waals surface area contributed by atoms with E-state index in [-0.39, 0.29) is 24.2 Å². The van der Waals surface area contributed by atoms with Gasteiger partial charge < -0.3 is 61.4 Å². The minimum Gasteiger partial charge on any atom is -1.00 e. The Morgan fingerprint density at radius 2 is 1.19 bits per heavy atom. The standard InChI is InChI=1S/C28H29N3O4.C27H31N3O3.ClH/c1-29-22-7-4-20(5-8-22)19-35-26-13-6-21(18-27(26)34-3)28(32)30-23-9-11-24(12-10-23)31-16-14-25(33-2)15-17-31;1-20-5-4-6-21(17-20)19-33-25-12-7-22(18-26(25)32-3)27(31)28-23-8-10-24(11-9-23)30-15-13-29(2)14-16-30;/h4-13,18,25H,14-17,19H2,2-3H3,(H,30,32);4-12,17-18H,13-16,19H2,1-3H3,(H,28,31);1H. The molecule has 14 heteroatoms. The van der Waals surface area contributed by atoms with Crippen LogP contribution < -0.4 is 51.8 Å². The molecule has 6 aromatic rings. The van der Waals surface area contributed by atoms with Gasteiger partial charge in [-0.1, -0.05) is 54.1 Å². The summed E-state index contributed by atoms with van der Waals surface area (Å²) in [5.41, 5.74) is 8.69. The van der Waals surface area contributed by atoms with Crippen molar-refractivity contribution in [1.29, 1.82) is 0 Å². The molecule has 8 rings (SSSR count). The number of rotatable bonds is 15. The maximum Gasteiger partial charge on any atom is 0.255 e. The van der Waals surface area contributed by atoms with Gasteiger partial charge in [-0.3, -0.25) is 9.59 Å². The predicted octanol–water partition coefficient (Wildman–Crippen LogP) is 5.99. The van der Waals surface area contributed by atoms with E-state index in [1.54, 1.807) is 69.9 Å². The van der Waals surface area contributed by atoms with E-state index >= 15 is 0 Å².